The summed E-state index contributed by atoms with van der Waals surface area (Å²) in [6, 6.07) is 15.4. The lowest BCUT2D eigenvalue weighted by atomic mass is 10.2. The van der Waals surface area contributed by atoms with Gasteiger partial charge in [0.15, 0.2) is 11.2 Å². The Hall–Kier alpha value is -3.40. The van der Waals surface area contributed by atoms with Crippen LogP contribution in [0.25, 0.3) is 11.2 Å². The Balaban J connectivity index is 1.91. The fraction of sp³-hybridized carbons (Fsp3) is 0.393. The van der Waals surface area contributed by atoms with Crippen molar-refractivity contribution in [2.24, 2.45) is 0 Å². The van der Waals surface area contributed by atoms with E-state index in [0.29, 0.717) is 54.5 Å². The number of hydrogen-bond donors (Lipinski definition) is 0. The maximum Gasteiger partial charge on any atom is 0.332 e. The first-order chi connectivity index (χ1) is 18.3. The average Bonchev–Trinajstić information content (AvgIpc) is 3.22. The molecule has 0 radical (unpaired) electrons. The minimum absolute atomic E-state index is 0.243. The molecule has 0 aliphatic heterocycles. The number of imidazole rings is 1. The highest BCUT2D eigenvalue weighted by atomic mass is 35.5. The molecule has 0 amide bonds. The van der Waals surface area contributed by atoms with Gasteiger partial charge in [-0.2, -0.15) is 4.98 Å². The van der Waals surface area contributed by atoms with Gasteiger partial charge in [0.1, 0.15) is 5.75 Å². The fourth-order valence-corrected chi connectivity index (χ4v) is 4.56. The highest BCUT2D eigenvalue weighted by Crippen LogP contribution is 2.27. The van der Waals surface area contributed by atoms with E-state index in [-0.39, 0.29) is 18.2 Å². The van der Waals surface area contributed by atoms with Crippen molar-refractivity contribution in [3.63, 3.8) is 0 Å². The summed E-state index contributed by atoms with van der Waals surface area (Å²) in [6.07, 6.45) is 1.24. The summed E-state index contributed by atoms with van der Waals surface area (Å²) < 4.78 is 16.0. The summed E-state index contributed by atoms with van der Waals surface area (Å²) in [5.41, 5.74) is 1.86. The van der Waals surface area contributed by atoms with E-state index >= 15 is 0 Å². The molecule has 38 heavy (non-hydrogen) atoms. The summed E-state index contributed by atoms with van der Waals surface area (Å²) in [6.45, 7) is 4.17. The Morgan fingerprint density at radius 1 is 0.974 bits per heavy atom. The van der Waals surface area contributed by atoms with Gasteiger partial charge in [0.05, 0.1) is 6.54 Å². The highest BCUT2D eigenvalue weighted by molar-refractivity contribution is 6.30. The van der Waals surface area contributed by atoms with Gasteiger partial charge >= 0.3 is 11.7 Å². The summed E-state index contributed by atoms with van der Waals surface area (Å²) in [5, 5.41) is 0.621. The summed E-state index contributed by atoms with van der Waals surface area (Å²) in [7, 11) is 5.60. The number of fused-ring (bicyclic) bond motifs is 1. The molecular weight excluding hydrogens is 506 g/mol. The zero-order chi connectivity index (χ0) is 27.2. The van der Waals surface area contributed by atoms with E-state index < -0.39 is 5.56 Å². The second kappa shape index (κ2) is 12.4. The van der Waals surface area contributed by atoms with Crippen LogP contribution in [0.5, 0.6) is 11.8 Å². The molecule has 9 nitrogen and oxygen atoms in total. The molecule has 0 unspecified atom stereocenters. The van der Waals surface area contributed by atoms with Gasteiger partial charge in [-0.05, 0) is 62.3 Å². The van der Waals surface area contributed by atoms with Crippen LogP contribution >= 0.6 is 11.6 Å². The van der Waals surface area contributed by atoms with Gasteiger partial charge in [-0.3, -0.25) is 18.5 Å². The van der Waals surface area contributed by atoms with Gasteiger partial charge in [0.2, 0.25) is 0 Å². The lowest BCUT2D eigenvalue weighted by Gasteiger charge is -2.13. The van der Waals surface area contributed by atoms with Crippen molar-refractivity contribution < 1.29 is 9.47 Å². The molecule has 0 bridgehead atoms. The smallest absolute Gasteiger partial charge is 0.332 e. The third-order valence-corrected chi connectivity index (χ3v) is 6.37. The molecule has 2 aromatic carbocycles. The van der Waals surface area contributed by atoms with Crippen LogP contribution in [0.15, 0.2) is 58.1 Å². The number of ether oxygens (including phenoxy) is 2. The van der Waals surface area contributed by atoms with Crippen LogP contribution in [0.3, 0.4) is 0 Å². The second-order valence-corrected chi connectivity index (χ2v) is 9.94. The quantitative estimate of drug-likeness (QED) is 0.249. The van der Waals surface area contributed by atoms with Crippen molar-refractivity contribution in [1.29, 1.82) is 0 Å². The molecule has 2 aromatic heterocycles. The lowest BCUT2D eigenvalue weighted by molar-refractivity contribution is 0.189. The van der Waals surface area contributed by atoms with Crippen LogP contribution in [0.2, 0.25) is 5.02 Å². The molecule has 2 heterocycles. The SMILES string of the molecule is CCCn1c(=O)n(CCCOC)c(=O)c2c1nc(Oc1cccc(CN(C)C)c1)n2Cc1ccc(Cl)cc1. The molecule has 202 valence electrons. The van der Waals surface area contributed by atoms with Crippen molar-refractivity contribution in [2.45, 2.75) is 45.9 Å². The largest absolute Gasteiger partial charge is 0.425 e. The third kappa shape index (κ3) is 6.18. The summed E-state index contributed by atoms with van der Waals surface area (Å²) in [4.78, 5) is 34.0. The number of halogens is 1. The first-order valence-corrected chi connectivity index (χ1v) is 13.1. The maximum atomic E-state index is 13.8. The van der Waals surface area contributed by atoms with Crippen LogP contribution in [-0.4, -0.2) is 51.4 Å². The van der Waals surface area contributed by atoms with E-state index in [9.17, 15) is 9.59 Å². The molecule has 4 rings (SSSR count). The Labute approximate surface area is 226 Å². The Bertz CT molecular complexity index is 1500. The second-order valence-electron chi connectivity index (χ2n) is 9.50. The molecule has 0 aliphatic carbocycles. The Kier molecular flexibility index (Phi) is 9.04. The Morgan fingerprint density at radius 3 is 2.42 bits per heavy atom. The molecule has 0 saturated carbocycles. The molecule has 0 N–H and O–H groups in total. The van der Waals surface area contributed by atoms with Crippen molar-refractivity contribution in [1.82, 2.24) is 23.6 Å². The zero-order valence-corrected chi connectivity index (χ0v) is 23.1. The molecule has 0 saturated heterocycles. The number of hydrogen-bond acceptors (Lipinski definition) is 6. The zero-order valence-electron chi connectivity index (χ0n) is 22.3. The van der Waals surface area contributed by atoms with Gasteiger partial charge in [-0.25, -0.2) is 4.79 Å². The molecule has 0 fully saturated rings. The summed E-state index contributed by atoms with van der Waals surface area (Å²) in [5.74, 6) is 0.599. The number of methoxy groups -OCH3 is 1. The van der Waals surface area contributed by atoms with Gasteiger partial charge in [0, 0.05) is 38.4 Å². The molecule has 10 heteroatoms. The number of nitrogens with zero attached hydrogens (tertiary/aromatic N) is 5. The van der Waals surface area contributed by atoms with E-state index in [1.807, 2.05) is 57.4 Å². The number of benzene rings is 2. The predicted molar refractivity (Wildman–Crippen MR) is 149 cm³/mol. The minimum Gasteiger partial charge on any atom is -0.425 e. The van der Waals surface area contributed by atoms with Gasteiger partial charge in [-0.1, -0.05) is 42.8 Å². The van der Waals surface area contributed by atoms with Crippen LogP contribution in [-0.2, 0) is 30.9 Å². The van der Waals surface area contributed by atoms with Crippen molar-refractivity contribution in [3.05, 3.63) is 85.5 Å². The third-order valence-electron chi connectivity index (χ3n) is 6.12. The van der Waals surface area contributed by atoms with E-state index in [2.05, 4.69) is 4.90 Å². The van der Waals surface area contributed by atoms with Crippen molar-refractivity contribution in [2.75, 3.05) is 27.8 Å². The minimum atomic E-state index is -0.397. The maximum absolute atomic E-state index is 13.8. The standard InChI is InChI=1S/C28H34ClN5O4/c1-5-14-32-25-24(26(35)33(28(32)36)15-7-16-37-4)34(19-20-10-12-22(29)13-11-20)27(30-25)38-23-9-6-8-21(17-23)18-31(2)3/h6,8-13,17H,5,7,14-16,18-19H2,1-4H3. The van der Waals surface area contributed by atoms with E-state index in [1.54, 1.807) is 28.4 Å². The fourth-order valence-electron chi connectivity index (χ4n) is 4.43. The van der Waals surface area contributed by atoms with E-state index in [4.69, 9.17) is 26.1 Å². The molecular formula is C28H34ClN5O4. The van der Waals surface area contributed by atoms with Crippen LogP contribution < -0.4 is 16.0 Å². The highest BCUT2D eigenvalue weighted by Gasteiger charge is 2.23. The molecule has 4 aromatic rings. The van der Waals surface area contributed by atoms with Crippen LogP contribution in [0, 0.1) is 0 Å². The first-order valence-electron chi connectivity index (χ1n) is 12.7. The number of rotatable bonds is 12. The topological polar surface area (TPSA) is 83.5 Å². The molecule has 0 spiro atoms. The average molecular weight is 540 g/mol. The normalized spacial score (nSPS) is 11.5. The van der Waals surface area contributed by atoms with Gasteiger partial charge < -0.3 is 14.4 Å². The van der Waals surface area contributed by atoms with E-state index in [1.165, 1.54) is 4.57 Å². The van der Waals surface area contributed by atoms with Gasteiger partial charge in [0.25, 0.3) is 5.56 Å². The Morgan fingerprint density at radius 2 is 1.74 bits per heavy atom. The number of aryl methyl sites for hydroxylation is 1. The first kappa shape index (κ1) is 27.6. The predicted octanol–water partition coefficient (Wildman–Crippen LogP) is 4.36. The lowest BCUT2D eigenvalue weighted by Crippen LogP contribution is -2.41. The van der Waals surface area contributed by atoms with Crippen LogP contribution in [0.1, 0.15) is 30.9 Å². The van der Waals surface area contributed by atoms with Crippen molar-refractivity contribution >= 4 is 22.8 Å². The van der Waals surface area contributed by atoms with Crippen LogP contribution in [0.4, 0.5) is 0 Å². The van der Waals surface area contributed by atoms with Crippen molar-refractivity contribution in [3.8, 4) is 11.8 Å². The summed E-state index contributed by atoms with van der Waals surface area (Å²) >= 11 is 6.11. The van der Waals surface area contributed by atoms with Gasteiger partial charge in [-0.15, -0.1) is 0 Å². The number of aromatic nitrogens is 4. The van der Waals surface area contributed by atoms with E-state index in [0.717, 1.165) is 17.7 Å². The molecule has 0 atom stereocenters. The molecule has 0 aliphatic rings. The monoisotopic (exact) mass is 539 g/mol.